The number of carbonyl (C=O) groups is 2. The van der Waals surface area contributed by atoms with Crippen LogP contribution in [0, 0.1) is 0 Å². The third kappa shape index (κ3) is 4.23. The first kappa shape index (κ1) is 12.4. The first-order chi connectivity index (χ1) is 6.02. The molecule has 0 aliphatic rings. The first-order valence-electron chi connectivity index (χ1n) is 3.46. The molecule has 1 amide bonds. The summed E-state index contributed by atoms with van der Waals surface area (Å²) in [7, 11) is 0. The van der Waals surface area contributed by atoms with Gasteiger partial charge in [0.25, 0.3) is 0 Å². The van der Waals surface area contributed by atoms with Crippen LogP contribution < -0.4 is 5.32 Å². The van der Waals surface area contributed by atoms with Crippen LogP contribution in [0.25, 0.3) is 0 Å². The number of amides is 1. The molecule has 2 atom stereocenters. The Morgan fingerprint density at radius 2 is 2.00 bits per heavy atom. The van der Waals surface area contributed by atoms with Crippen molar-refractivity contribution in [3.8, 4) is 0 Å². The zero-order chi connectivity index (χ0) is 10.4. The van der Waals surface area contributed by atoms with E-state index in [1.807, 2.05) is 16.0 Å². The molecule has 0 fully saturated rings. The van der Waals surface area contributed by atoms with Crippen molar-refractivity contribution in [3.05, 3.63) is 0 Å². The first-order valence-corrected chi connectivity index (χ1v) is 4.78. The number of aliphatic hydroxyl groups excluding tert-OH is 2. The van der Waals surface area contributed by atoms with Crippen LogP contribution in [0.3, 0.4) is 0 Å². The summed E-state index contributed by atoms with van der Waals surface area (Å²) >= 11 is 2.02. The van der Waals surface area contributed by atoms with Gasteiger partial charge in [0.15, 0.2) is 0 Å². The number of hydrogen-bond donors (Lipinski definition) is 4. The van der Waals surface area contributed by atoms with E-state index in [4.69, 9.17) is 15.3 Å². The molecule has 4 N–H and O–H groups in total. The van der Waals surface area contributed by atoms with E-state index in [-0.39, 0.29) is 5.32 Å². The van der Waals surface area contributed by atoms with Crippen LogP contribution in [0.1, 0.15) is 0 Å². The summed E-state index contributed by atoms with van der Waals surface area (Å²) in [5.41, 5.74) is 0. The molecule has 0 aromatic heterocycles. The Morgan fingerprint density at radius 1 is 1.46 bits per heavy atom. The summed E-state index contributed by atoms with van der Waals surface area (Å²) in [6.45, 7) is -0.725. The number of carboxylic acids is 1. The Kier molecular flexibility index (Phi) is 5.65. The fourth-order valence-electron chi connectivity index (χ4n) is 0.536. The third-order valence-electron chi connectivity index (χ3n) is 1.27. The maximum absolute atomic E-state index is 10.9. The second kappa shape index (κ2) is 5.93. The number of carbonyl (C=O) groups excluding carboxylic acids is 1. The Morgan fingerprint density at radius 3 is 2.31 bits per heavy atom. The molecule has 0 radical (unpaired) electrons. The molecule has 76 valence electrons. The van der Waals surface area contributed by atoms with Crippen LogP contribution in [-0.2, 0) is 9.59 Å². The van der Waals surface area contributed by atoms with Gasteiger partial charge in [0.05, 0.1) is 0 Å². The number of carboxylic acid groups (broad SMARTS) is 1. The van der Waals surface area contributed by atoms with E-state index in [2.05, 4.69) is 5.32 Å². The fourth-order valence-corrected chi connectivity index (χ4v) is 1.06. The van der Waals surface area contributed by atoms with Gasteiger partial charge < -0.3 is 0 Å². The van der Waals surface area contributed by atoms with E-state index in [0.717, 1.165) is 0 Å². The monoisotopic (exact) mass is 257 g/mol. The van der Waals surface area contributed by atoms with Crippen molar-refractivity contribution in [2.24, 2.45) is 0 Å². The number of aliphatic carboxylic acids is 1. The molecule has 0 aromatic carbocycles. The molecule has 0 heterocycles. The van der Waals surface area contributed by atoms with Crippen molar-refractivity contribution < 1.29 is 24.9 Å². The van der Waals surface area contributed by atoms with Gasteiger partial charge in [-0.25, -0.2) is 0 Å². The summed E-state index contributed by atoms with van der Waals surface area (Å²) in [4.78, 5) is 21.3. The Hall–Kier alpha value is -0.621. The SMILES string of the molecule is O=C(NC(C[SeH])C(=O)O)C(O)CO. The molecular weight excluding hydrogens is 245 g/mol. The van der Waals surface area contributed by atoms with E-state index < -0.39 is 30.6 Å². The molecule has 0 rings (SSSR count). The average Bonchev–Trinajstić information content (AvgIpc) is 2.11. The fraction of sp³-hybridized carbons (Fsp3) is 0.667. The van der Waals surface area contributed by atoms with E-state index in [9.17, 15) is 9.59 Å². The van der Waals surface area contributed by atoms with Crippen molar-refractivity contribution in [3.63, 3.8) is 0 Å². The van der Waals surface area contributed by atoms with Crippen LogP contribution in [0.4, 0.5) is 0 Å². The van der Waals surface area contributed by atoms with Crippen LogP contribution in [0.5, 0.6) is 0 Å². The number of rotatable bonds is 5. The minimum atomic E-state index is -1.57. The van der Waals surface area contributed by atoms with Crippen LogP contribution in [0.2, 0.25) is 5.32 Å². The minimum absolute atomic E-state index is 0.159. The molecule has 0 aliphatic carbocycles. The number of hydrogen-bond acceptors (Lipinski definition) is 4. The van der Waals surface area contributed by atoms with Crippen molar-refractivity contribution in [1.82, 2.24) is 5.32 Å². The maximum atomic E-state index is 10.9. The second-order valence-corrected chi connectivity index (χ2v) is 3.05. The Balaban J connectivity index is 4.09. The molecule has 0 aromatic rings. The topological polar surface area (TPSA) is 107 Å². The van der Waals surface area contributed by atoms with Gasteiger partial charge in [-0.15, -0.1) is 0 Å². The summed E-state index contributed by atoms with van der Waals surface area (Å²) in [5.74, 6) is -2.07. The van der Waals surface area contributed by atoms with Gasteiger partial charge in [0.2, 0.25) is 0 Å². The zero-order valence-electron chi connectivity index (χ0n) is 6.67. The van der Waals surface area contributed by atoms with Gasteiger partial charge in [-0.05, 0) is 0 Å². The van der Waals surface area contributed by atoms with E-state index in [1.165, 1.54) is 0 Å². The van der Waals surface area contributed by atoms with Gasteiger partial charge in [0, 0.05) is 0 Å². The van der Waals surface area contributed by atoms with Gasteiger partial charge >= 0.3 is 82.2 Å². The summed E-state index contributed by atoms with van der Waals surface area (Å²) in [6.07, 6.45) is -1.57. The van der Waals surface area contributed by atoms with Crippen molar-refractivity contribution in [1.29, 1.82) is 0 Å². The molecule has 0 saturated heterocycles. The summed E-state index contributed by atoms with van der Waals surface area (Å²) < 4.78 is 0. The van der Waals surface area contributed by atoms with Gasteiger partial charge in [0.1, 0.15) is 0 Å². The molecule has 2 unspecified atom stereocenters. The number of aliphatic hydroxyl groups is 2. The molecule has 0 bridgehead atoms. The van der Waals surface area contributed by atoms with E-state index in [1.54, 1.807) is 0 Å². The van der Waals surface area contributed by atoms with Gasteiger partial charge in [-0.1, -0.05) is 0 Å². The molecule has 6 nitrogen and oxygen atoms in total. The van der Waals surface area contributed by atoms with Crippen LogP contribution in [-0.4, -0.2) is 62.0 Å². The summed E-state index contributed by atoms with van der Waals surface area (Å²) in [5, 5.41) is 27.9. The normalized spacial score (nSPS) is 14.7. The van der Waals surface area contributed by atoms with Crippen molar-refractivity contribution in [2.45, 2.75) is 17.5 Å². The molecule has 0 aliphatic heterocycles. The molecule has 0 saturated carbocycles. The molecule has 13 heavy (non-hydrogen) atoms. The Labute approximate surface area is 82.8 Å². The quantitative estimate of drug-likeness (QED) is 0.398. The standard InChI is InChI=1S/C6H11NO5Se/c8-1-4(9)5(10)7-3(2-13)6(11)12/h3-4,8-9,13H,1-2H2,(H,7,10)(H,11,12). The summed E-state index contributed by atoms with van der Waals surface area (Å²) in [6, 6.07) is -1.05. The number of nitrogens with one attached hydrogen (secondary N) is 1. The van der Waals surface area contributed by atoms with Gasteiger partial charge in [-0.3, -0.25) is 0 Å². The average molecular weight is 256 g/mol. The van der Waals surface area contributed by atoms with E-state index >= 15 is 0 Å². The predicted molar refractivity (Wildman–Crippen MR) is 44.6 cm³/mol. The van der Waals surface area contributed by atoms with Crippen LogP contribution in [0.15, 0.2) is 0 Å². The predicted octanol–water partition coefficient (Wildman–Crippen LogP) is -2.77. The second-order valence-electron chi connectivity index (χ2n) is 2.28. The van der Waals surface area contributed by atoms with Crippen molar-refractivity contribution >= 4 is 27.9 Å². The molecule has 0 spiro atoms. The third-order valence-corrected chi connectivity index (χ3v) is 2.04. The van der Waals surface area contributed by atoms with E-state index in [0.29, 0.717) is 0 Å². The Bertz CT molecular complexity index is 197. The molecule has 7 heteroatoms. The molecular formula is C6H11NO5Se. The van der Waals surface area contributed by atoms with Crippen molar-refractivity contribution in [2.75, 3.05) is 6.61 Å². The van der Waals surface area contributed by atoms with Crippen LogP contribution >= 0.6 is 0 Å². The van der Waals surface area contributed by atoms with Gasteiger partial charge in [-0.2, -0.15) is 0 Å². The zero-order valence-corrected chi connectivity index (χ0v) is 8.55.